The maximum atomic E-state index is 13.5. The van der Waals surface area contributed by atoms with Gasteiger partial charge < -0.3 is 14.4 Å². The van der Waals surface area contributed by atoms with E-state index in [1.807, 2.05) is 17.9 Å². The summed E-state index contributed by atoms with van der Waals surface area (Å²) in [7, 11) is -3.71. The summed E-state index contributed by atoms with van der Waals surface area (Å²) in [6, 6.07) is 8.05. The molecule has 1 aromatic carbocycles. The van der Waals surface area contributed by atoms with Crippen molar-refractivity contribution in [2.24, 2.45) is 0 Å². The number of benzene rings is 1. The average molecular weight is 454 g/mol. The first-order valence-corrected chi connectivity index (χ1v) is 12.5. The molecule has 2 aliphatic heterocycles. The molecule has 168 valence electrons. The van der Waals surface area contributed by atoms with E-state index in [9.17, 15) is 13.6 Å². The van der Waals surface area contributed by atoms with Crippen LogP contribution in [0.1, 0.15) is 43.0 Å². The van der Waals surface area contributed by atoms with Crippen LogP contribution in [0.15, 0.2) is 47.6 Å². The number of aromatic amines is 1. The lowest BCUT2D eigenvalue weighted by Crippen LogP contribution is -2.51. The zero-order chi connectivity index (χ0) is 22.3. The van der Waals surface area contributed by atoms with Crippen molar-refractivity contribution in [2.75, 3.05) is 19.6 Å². The third kappa shape index (κ3) is 3.85. The molecule has 2 fully saturated rings. The van der Waals surface area contributed by atoms with Crippen molar-refractivity contribution in [3.63, 3.8) is 0 Å². The number of carbonyl (C=O) groups excluding carboxylic acids is 1. The topological polar surface area (TPSA) is 105 Å². The highest BCUT2D eigenvalue weighted by Crippen LogP contribution is 2.33. The summed E-state index contributed by atoms with van der Waals surface area (Å²) in [4.78, 5) is 27.7. The lowest BCUT2D eigenvalue weighted by atomic mass is 9.96. The van der Waals surface area contributed by atoms with E-state index in [1.54, 1.807) is 36.7 Å². The number of rotatable bonds is 4. The number of hydrogen-bond acceptors (Lipinski definition) is 5. The summed E-state index contributed by atoms with van der Waals surface area (Å²) in [5.74, 6) is 0.866. The predicted octanol–water partition coefficient (Wildman–Crippen LogP) is 3.04. The Morgan fingerprint density at radius 1 is 1.16 bits per heavy atom. The summed E-state index contributed by atoms with van der Waals surface area (Å²) in [5, 5.41) is 0. The van der Waals surface area contributed by atoms with Gasteiger partial charge in [-0.1, -0.05) is 21.9 Å². The van der Waals surface area contributed by atoms with Crippen molar-refractivity contribution in [3.8, 4) is 0 Å². The Hall–Kier alpha value is -2.62. The van der Waals surface area contributed by atoms with E-state index in [2.05, 4.69) is 15.0 Å². The molecule has 1 N–H and O–H groups in total. The number of amides is 1. The molecule has 2 aliphatic rings. The van der Waals surface area contributed by atoms with Crippen LogP contribution < -0.4 is 0 Å². The number of pyridine rings is 1. The smallest absolute Gasteiger partial charge is 0.244 e. The second kappa shape index (κ2) is 8.38. The Bertz CT molecular complexity index is 1140. The van der Waals surface area contributed by atoms with E-state index in [-0.39, 0.29) is 16.7 Å². The Labute approximate surface area is 188 Å². The van der Waals surface area contributed by atoms with Crippen LogP contribution in [0.25, 0.3) is 11.0 Å². The van der Waals surface area contributed by atoms with Gasteiger partial charge in [-0.2, -0.15) is 0 Å². The largest absolute Gasteiger partial charge is 0.593 e. The normalized spacial score (nSPS) is 24.0. The summed E-state index contributed by atoms with van der Waals surface area (Å²) < 4.78 is 27.9. The Kier molecular flexibility index (Phi) is 5.56. The number of hydrogen-bond donors (Lipinski definition) is 1. The van der Waals surface area contributed by atoms with Crippen LogP contribution >= 0.6 is 0 Å². The highest BCUT2D eigenvalue weighted by Gasteiger charge is 2.45. The van der Waals surface area contributed by atoms with Crippen molar-refractivity contribution in [2.45, 2.75) is 49.5 Å². The Balaban J connectivity index is 1.34. The second-order valence-electron chi connectivity index (χ2n) is 8.73. The first kappa shape index (κ1) is 21.2. The summed E-state index contributed by atoms with van der Waals surface area (Å²) in [6.45, 7) is 3.48. The third-order valence-corrected chi connectivity index (χ3v) is 8.46. The molecule has 0 saturated carbocycles. The number of fused-ring (bicyclic) bond motifs is 1. The van der Waals surface area contributed by atoms with E-state index in [4.69, 9.17) is 0 Å². The van der Waals surface area contributed by atoms with Crippen LogP contribution in [-0.2, 0) is 19.4 Å². The van der Waals surface area contributed by atoms with Crippen LogP contribution in [0, 0.1) is 6.92 Å². The van der Waals surface area contributed by atoms with Gasteiger partial charge in [0.05, 0.1) is 17.2 Å². The van der Waals surface area contributed by atoms with Gasteiger partial charge in [0.1, 0.15) is 11.9 Å². The van der Waals surface area contributed by atoms with Crippen molar-refractivity contribution in [1.82, 2.24) is 24.2 Å². The maximum absolute atomic E-state index is 13.5. The molecule has 0 spiro atoms. The molecule has 2 aromatic heterocycles. The van der Waals surface area contributed by atoms with Crippen LogP contribution in [0.4, 0.5) is 0 Å². The number of piperidine rings is 1. The molecule has 9 heteroatoms. The molecule has 3 aromatic rings. The number of aryl methyl sites for hydroxylation is 1. The van der Waals surface area contributed by atoms with Gasteiger partial charge >= 0.3 is 0 Å². The van der Waals surface area contributed by atoms with Gasteiger partial charge in [-0.3, -0.25) is 9.78 Å². The lowest BCUT2D eigenvalue weighted by molar-refractivity contribution is -0.136. The number of nitrogens with zero attached hydrogens (tertiary/aromatic N) is 4. The van der Waals surface area contributed by atoms with Gasteiger partial charge in [0.2, 0.25) is 5.91 Å². The molecule has 1 amide bonds. The molecule has 2 unspecified atom stereocenters. The molecule has 32 heavy (non-hydrogen) atoms. The number of carbonyl (C=O) groups is 1. The van der Waals surface area contributed by atoms with Gasteiger partial charge in [0, 0.05) is 31.7 Å². The fraction of sp³-hybridized carbons (Fsp3) is 0.435. The second-order valence-corrected chi connectivity index (χ2v) is 10.6. The number of H-pyrrole nitrogens is 1. The van der Waals surface area contributed by atoms with Crippen molar-refractivity contribution < 1.29 is 13.6 Å². The minimum atomic E-state index is -3.71. The summed E-state index contributed by atoms with van der Waals surface area (Å²) >= 11 is 0. The molecule has 2 saturated heterocycles. The number of aromatic nitrogens is 3. The molecule has 0 aliphatic carbocycles. The quantitative estimate of drug-likeness (QED) is 0.611. The Morgan fingerprint density at radius 2 is 1.94 bits per heavy atom. The highest BCUT2D eigenvalue weighted by molar-refractivity contribution is 7.95. The first-order chi connectivity index (χ1) is 15.4. The van der Waals surface area contributed by atoms with E-state index in [0.717, 1.165) is 35.3 Å². The average Bonchev–Trinajstić information content (AvgIpc) is 3.47. The fourth-order valence-electron chi connectivity index (χ4n) is 4.80. The van der Waals surface area contributed by atoms with Crippen LogP contribution in [-0.4, -0.2) is 60.3 Å². The molecule has 0 radical (unpaired) electrons. The van der Waals surface area contributed by atoms with Gasteiger partial charge in [-0.15, -0.1) is 4.31 Å². The molecule has 4 heterocycles. The van der Waals surface area contributed by atoms with E-state index < -0.39 is 16.4 Å². The molecular formula is C23H27N5O3S. The predicted molar refractivity (Wildman–Crippen MR) is 120 cm³/mol. The standard InChI is InChI=1S/C23H27N5O3S/c1-16-6-8-18(9-7-16)32(30,31)28-13-3-5-21(28)23(29)27-12-2-4-17(15-27)22-25-19-10-11-24-14-20(19)26-22/h6-11,14,17,21H,2-5,12-13,15H2,1H3,(H-,24,25,26,30,31)/t17?,21-/m1/s1. The van der Waals surface area contributed by atoms with Crippen molar-refractivity contribution >= 4 is 27.3 Å². The van der Waals surface area contributed by atoms with Gasteiger partial charge in [-0.25, -0.2) is 4.98 Å². The zero-order valence-corrected chi connectivity index (χ0v) is 18.9. The number of sulfonamides is 1. The van der Waals surface area contributed by atoms with Gasteiger partial charge in [-0.05, 0) is 50.8 Å². The summed E-state index contributed by atoms with van der Waals surface area (Å²) in [6.07, 6.45) is 6.52. The molecule has 0 bridgehead atoms. The van der Waals surface area contributed by atoms with Crippen LogP contribution in [0.3, 0.4) is 0 Å². The molecule has 5 rings (SSSR count). The van der Waals surface area contributed by atoms with Crippen LogP contribution in [0.2, 0.25) is 0 Å². The monoisotopic (exact) mass is 453 g/mol. The molecule has 3 atom stereocenters. The van der Waals surface area contributed by atoms with Crippen molar-refractivity contribution in [3.05, 3.63) is 54.1 Å². The van der Waals surface area contributed by atoms with E-state index in [1.165, 1.54) is 4.31 Å². The minimum Gasteiger partial charge on any atom is -0.593 e. The molecular weight excluding hydrogens is 426 g/mol. The van der Waals surface area contributed by atoms with Crippen molar-refractivity contribution in [1.29, 1.82) is 0 Å². The third-order valence-electron chi connectivity index (χ3n) is 6.54. The lowest BCUT2D eigenvalue weighted by Gasteiger charge is -2.36. The Morgan fingerprint density at radius 3 is 2.72 bits per heavy atom. The maximum Gasteiger partial charge on any atom is 0.244 e. The number of imidazole rings is 1. The minimum absolute atomic E-state index is 0.0966. The van der Waals surface area contributed by atoms with Gasteiger partial charge in [0.25, 0.3) is 0 Å². The van der Waals surface area contributed by atoms with E-state index >= 15 is 0 Å². The highest BCUT2D eigenvalue weighted by atomic mass is 32.3. The van der Waals surface area contributed by atoms with Crippen LogP contribution in [0.5, 0.6) is 0 Å². The summed E-state index contributed by atoms with van der Waals surface area (Å²) in [5.41, 5.74) is 2.75. The van der Waals surface area contributed by atoms with Gasteiger partial charge in [0.15, 0.2) is 15.3 Å². The molecule has 8 nitrogen and oxygen atoms in total. The fourth-order valence-corrected chi connectivity index (χ4v) is 6.45. The number of likely N-dealkylation sites (tertiary alicyclic amines) is 1. The first-order valence-electron chi connectivity index (χ1n) is 11.1. The number of nitrogens with one attached hydrogen (secondary N) is 1. The van der Waals surface area contributed by atoms with E-state index in [0.29, 0.717) is 32.5 Å². The zero-order valence-electron chi connectivity index (χ0n) is 18.1. The SMILES string of the molecule is Cc1ccc([S+](=O)([O-])N2CCC[C@@H]2C(=O)N2CCCC(c3nc4ccncc4[nH]3)C2)cc1.